The summed E-state index contributed by atoms with van der Waals surface area (Å²) in [5.41, 5.74) is 7.62. The smallest absolute Gasteiger partial charge is 0.00819 e. The number of rotatable bonds is 4. The number of benzene rings is 1. The van der Waals surface area contributed by atoms with Crippen molar-refractivity contribution in [1.82, 2.24) is 0 Å². The SMILES string of the molecule is N[C@H](Cc1ccccc1)CC1CCCCC1. The lowest BCUT2D eigenvalue weighted by Crippen LogP contribution is -2.27. The van der Waals surface area contributed by atoms with Gasteiger partial charge in [0.15, 0.2) is 0 Å². The molecule has 16 heavy (non-hydrogen) atoms. The monoisotopic (exact) mass is 217 g/mol. The molecule has 2 rings (SSSR count). The van der Waals surface area contributed by atoms with Crippen LogP contribution in [0.5, 0.6) is 0 Å². The summed E-state index contributed by atoms with van der Waals surface area (Å²) >= 11 is 0. The lowest BCUT2D eigenvalue weighted by molar-refractivity contribution is 0.317. The maximum absolute atomic E-state index is 6.24. The quantitative estimate of drug-likeness (QED) is 0.820. The lowest BCUT2D eigenvalue weighted by atomic mass is 9.84. The molecule has 0 radical (unpaired) electrons. The van der Waals surface area contributed by atoms with Crippen molar-refractivity contribution < 1.29 is 0 Å². The molecule has 1 heteroatoms. The summed E-state index contributed by atoms with van der Waals surface area (Å²) in [7, 11) is 0. The van der Waals surface area contributed by atoms with Crippen LogP contribution in [0.15, 0.2) is 30.3 Å². The first-order valence-corrected chi connectivity index (χ1v) is 6.64. The average molecular weight is 217 g/mol. The minimum atomic E-state index is 0.352. The van der Waals surface area contributed by atoms with Gasteiger partial charge in [0.25, 0.3) is 0 Å². The van der Waals surface area contributed by atoms with Crippen LogP contribution < -0.4 is 5.73 Å². The Labute approximate surface area is 99.0 Å². The van der Waals surface area contributed by atoms with Crippen LogP contribution >= 0.6 is 0 Å². The van der Waals surface area contributed by atoms with Gasteiger partial charge in [-0.25, -0.2) is 0 Å². The van der Waals surface area contributed by atoms with E-state index in [1.165, 1.54) is 44.1 Å². The molecule has 1 aliphatic carbocycles. The molecule has 0 amide bonds. The van der Waals surface area contributed by atoms with Crippen LogP contribution in [0.4, 0.5) is 0 Å². The van der Waals surface area contributed by atoms with Gasteiger partial charge < -0.3 is 5.73 Å². The molecule has 1 aliphatic rings. The van der Waals surface area contributed by atoms with E-state index in [0.717, 1.165) is 12.3 Å². The van der Waals surface area contributed by atoms with E-state index in [1.54, 1.807) is 0 Å². The highest BCUT2D eigenvalue weighted by atomic mass is 14.6. The third kappa shape index (κ3) is 3.64. The van der Waals surface area contributed by atoms with Crippen molar-refractivity contribution in [2.24, 2.45) is 11.7 Å². The summed E-state index contributed by atoms with van der Waals surface area (Å²) in [4.78, 5) is 0. The number of hydrogen-bond acceptors (Lipinski definition) is 1. The minimum Gasteiger partial charge on any atom is -0.327 e. The van der Waals surface area contributed by atoms with E-state index in [-0.39, 0.29) is 0 Å². The van der Waals surface area contributed by atoms with E-state index < -0.39 is 0 Å². The van der Waals surface area contributed by atoms with Crippen molar-refractivity contribution in [2.45, 2.75) is 51.0 Å². The van der Waals surface area contributed by atoms with Gasteiger partial charge >= 0.3 is 0 Å². The second kappa shape index (κ2) is 6.05. The maximum atomic E-state index is 6.24. The van der Waals surface area contributed by atoms with Crippen molar-refractivity contribution in [3.8, 4) is 0 Å². The summed E-state index contributed by atoms with van der Waals surface area (Å²) in [5, 5.41) is 0. The van der Waals surface area contributed by atoms with Crippen LogP contribution in [-0.2, 0) is 6.42 Å². The highest BCUT2D eigenvalue weighted by Crippen LogP contribution is 2.27. The molecule has 88 valence electrons. The topological polar surface area (TPSA) is 26.0 Å². The second-order valence-electron chi connectivity index (χ2n) is 5.19. The summed E-state index contributed by atoms with van der Waals surface area (Å²) in [6.07, 6.45) is 9.34. The molecule has 2 N–H and O–H groups in total. The van der Waals surface area contributed by atoms with Crippen LogP contribution in [0.25, 0.3) is 0 Å². The Hall–Kier alpha value is -0.820. The highest BCUT2D eigenvalue weighted by Gasteiger charge is 2.16. The van der Waals surface area contributed by atoms with Gasteiger partial charge in [0, 0.05) is 6.04 Å². The van der Waals surface area contributed by atoms with Gasteiger partial charge in [0.2, 0.25) is 0 Å². The summed E-state index contributed by atoms with van der Waals surface area (Å²) < 4.78 is 0. The molecule has 1 atom stereocenters. The summed E-state index contributed by atoms with van der Waals surface area (Å²) in [6.45, 7) is 0. The van der Waals surface area contributed by atoms with E-state index in [2.05, 4.69) is 30.3 Å². The van der Waals surface area contributed by atoms with E-state index in [1.807, 2.05) is 0 Å². The number of nitrogens with two attached hydrogens (primary N) is 1. The predicted molar refractivity (Wildman–Crippen MR) is 69.3 cm³/mol. The Bertz CT molecular complexity index is 288. The van der Waals surface area contributed by atoms with E-state index in [0.29, 0.717) is 6.04 Å². The van der Waals surface area contributed by atoms with Gasteiger partial charge in [-0.1, -0.05) is 62.4 Å². The molecule has 0 unspecified atom stereocenters. The Balaban J connectivity index is 1.77. The Morgan fingerprint density at radius 1 is 1.06 bits per heavy atom. The fraction of sp³-hybridized carbons (Fsp3) is 0.600. The Morgan fingerprint density at radius 2 is 1.75 bits per heavy atom. The molecule has 1 fully saturated rings. The molecular weight excluding hydrogens is 194 g/mol. The van der Waals surface area contributed by atoms with Gasteiger partial charge in [-0.2, -0.15) is 0 Å². The van der Waals surface area contributed by atoms with Crippen molar-refractivity contribution in [3.05, 3.63) is 35.9 Å². The van der Waals surface area contributed by atoms with E-state index >= 15 is 0 Å². The molecule has 0 heterocycles. The summed E-state index contributed by atoms with van der Waals surface area (Å²) in [6, 6.07) is 11.0. The van der Waals surface area contributed by atoms with Gasteiger partial charge in [0.1, 0.15) is 0 Å². The lowest BCUT2D eigenvalue weighted by Gasteiger charge is -2.24. The molecule has 0 spiro atoms. The molecule has 1 nitrogen and oxygen atoms in total. The van der Waals surface area contributed by atoms with Crippen molar-refractivity contribution >= 4 is 0 Å². The first-order chi connectivity index (χ1) is 7.84. The first kappa shape index (κ1) is 11.7. The van der Waals surface area contributed by atoms with Gasteiger partial charge in [-0.3, -0.25) is 0 Å². The van der Waals surface area contributed by atoms with Crippen molar-refractivity contribution in [2.75, 3.05) is 0 Å². The van der Waals surface area contributed by atoms with E-state index in [9.17, 15) is 0 Å². The van der Waals surface area contributed by atoms with Crippen LogP contribution in [0.2, 0.25) is 0 Å². The molecule has 1 aromatic carbocycles. The minimum absolute atomic E-state index is 0.352. The fourth-order valence-electron chi connectivity index (χ4n) is 2.85. The highest BCUT2D eigenvalue weighted by molar-refractivity contribution is 5.15. The van der Waals surface area contributed by atoms with Gasteiger partial charge in [0.05, 0.1) is 0 Å². The fourth-order valence-corrected chi connectivity index (χ4v) is 2.85. The standard InChI is InChI=1S/C15H23N/c16-15(11-13-7-3-1-4-8-13)12-14-9-5-2-6-10-14/h1,3-4,7-8,14-15H,2,5-6,9-12,16H2/t15-/m1/s1. The molecule has 0 bridgehead atoms. The largest absolute Gasteiger partial charge is 0.327 e. The van der Waals surface area contributed by atoms with Crippen LogP contribution in [-0.4, -0.2) is 6.04 Å². The maximum Gasteiger partial charge on any atom is 0.00819 e. The van der Waals surface area contributed by atoms with Crippen molar-refractivity contribution in [1.29, 1.82) is 0 Å². The molecule has 0 aromatic heterocycles. The van der Waals surface area contributed by atoms with Gasteiger partial charge in [-0.05, 0) is 24.3 Å². The van der Waals surface area contributed by atoms with Crippen LogP contribution in [0.3, 0.4) is 0 Å². The Morgan fingerprint density at radius 3 is 2.44 bits per heavy atom. The summed E-state index contributed by atoms with van der Waals surface area (Å²) in [5.74, 6) is 0.896. The molecule has 1 aromatic rings. The molecule has 0 aliphatic heterocycles. The molecular formula is C15H23N. The zero-order chi connectivity index (χ0) is 11.2. The third-order valence-corrected chi connectivity index (χ3v) is 3.70. The van der Waals surface area contributed by atoms with Crippen molar-refractivity contribution in [3.63, 3.8) is 0 Å². The Kier molecular flexibility index (Phi) is 4.41. The molecule has 0 saturated heterocycles. The van der Waals surface area contributed by atoms with Crippen LogP contribution in [0, 0.1) is 5.92 Å². The normalized spacial score (nSPS) is 19.6. The van der Waals surface area contributed by atoms with Crippen LogP contribution in [0.1, 0.15) is 44.1 Å². The average Bonchev–Trinajstić information content (AvgIpc) is 2.31. The molecule has 1 saturated carbocycles. The second-order valence-corrected chi connectivity index (χ2v) is 5.19. The predicted octanol–water partition coefficient (Wildman–Crippen LogP) is 3.53. The van der Waals surface area contributed by atoms with Gasteiger partial charge in [-0.15, -0.1) is 0 Å². The first-order valence-electron chi connectivity index (χ1n) is 6.64. The zero-order valence-electron chi connectivity index (χ0n) is 10.1. The zero-order valence-corrected chi connectivity index (χ0v) is 10.1. The van der Waals surface area contributed by atoms with E-state index in [4.69, 9.17) is 5.73 Å². The number of hydrogen-bond donors (Lipinski definition) is 1. The third-order valence-electron chi connectivity index (χ3n) is 3.70.